The Hall–Kier alpha value is -1.06. The van der Waals surface area contributed by atoms with Crippen LogP contribution in [-0.2, 0) is 13.1 Å². The van der Waals surface area contributed by atoms with Gasteiger partial charge in [0.25, 0.3) is 0 Å². The van der Waals surface area contributed by atoms with Crippen LogP contribution in [0, 0.1) is 0 Å². The highest BCUT2D eigenvalue weighted by molar-refractivity contribution is 6.38. The number of fused-ring (bicyclic) bond motifs is 2. The Kier molecular flexibility index (Phi) is 5.69. The largest absolute Gasteiger partial charge is 1.00 e. The lowest BCUT2D eigenvalue weighted by molar-refractivity contribution is -0.944. The smallest absolute Gasteiger partial charge is 0.107 e. The van der Waals surface area contributed by atoms with E-state index >= 15 is 0 Å². The third kappa shape index (κ3) is 3.07. The molecule has 0 spiro atoms. The maximum atomic E-state index is 6.89. The number of halogens is 3. The van der Waals surface area contributed by atoms with Crippen LogP contribution < -0.4 is 17.0 Å². The molecule has 1 nitrogen and oxygen atoms in total. The van der Waals surface area contributed by atoms with E-state index in [1.54, 1.807) is 0 Å². The Bertz CT molecular complexity index is 950. The number of rotatable bonds is 3. The molecule has 1 heterocycles. The molecular formula is C22H22BrCl2N. The second-order valence-corrected chi connectivity index (χ2v) is 7.81. The highest BCUT2D eigenvalue weighted by Crippen LogP contribution is 2.46. The van der Waals surface area contributed by atoms with Gasteiger partial charge in [0.05, 0.1) is 18.1 Å². The van der Waals surface area contributed by atoms with Gasteiger partial charge in [0.2, 0.25) is 0 Å². The van der Waals surface area contributed by atoms with Crippen LogP contribution in [0.25, 0.3) is 21.9 Å². The molecule has 0 radical (unpaired) electrons. The molecule has 0 amide bonds. The zero-order chi connectivity index (χ0) is 17.6. The lowest BCUT2D eigenvalue weighted by Crippen LogP contribution is -3.00. The summed E-state index contributed by atoms with van der Waals surface area (Å²) in [6, 6.07) is 16.7. The van der Waals surface area contributed by atoms with Crippen molar-refractivity contribution in [1.29, 1.82) is 0 Å². The van der Waals surface area contributed by atoms with Crippen LogP contribution >= 0.6 is 23.2 Å². The Morgan fingerprint density at radius 3 is 2.15 bits per heavy atom. The predicted molar refractivity (Wildman–Crippen MR) is 108 cm³/mol. The Morgan fingerprint density at radius 2 is 1.50 bits per heavy atom. The molecule has 0 N–H and O–H groups in total. The summed E-state index contributed by atoms with van der Waals surface area (Å²) < 4.78 is 1.07. The summed E-state index contributed by atoms with van der Waals surface area (Å²) in [5, 5.41) is 3.93. The van der Waals surface area contributed by atoms with Gasteiger partial charge in [-0.2, -0.15) is 0 Å². The van der Waals surface area contributed by atoms with Crippen molar-refractivity contribution in [2.75, 3.05) is 13.1 Å². The summed E-state index contributed by atoms with van der Waals surface area (Å²) in [4.78, 5) is 0. The van der Waals surface area contributed by atoms with Crippen molar-refractivity contribution in [1.82, 2.24) is 0 Å². The third-order valence-electron chi connectivity index (χ3n) is 5.81. The molecule has 0 saturated heterocycles. The molecule has 4 rings (SSSR count). The standard InChI is InChI=1S/C22H22Cl2N.BrH/c1-3-25(4-2)13-19-20(14-25)22(24)17-11-10-16(23)12-18(17)21(19)15-8-6-5-7-9-15;/h5-12H,3-4,13-14H2,1-2H3;1H/q+1;/p-1. The second-order valence-electron chi connectivity index (χ2n) is 6.99. The first-order valence-electron chi connectivity index (χ1n) is 8.91. The molecule has 1 aliphatic heterocycles. The molecule has 0 aromatic heterocycles. The van der Waals surface area contributed by atoms with Crippen molar-refractivity contribution in [2.45, 2.75) is 26.9 Å². The van der Waals surface area contributed by atoms with Crippen LogP contribution in [-0.4, -0.2) is 17.6 Å². The van der Waals surface area contributed by atoms with E-state index in [0.717, 1.165) is 51.5 Å². The van der Waals surface area contributed by atoms with Gasteiger partial charge in [0.15, 0.2) is 0 Å². The van der Waals surface area contributed by atoms with Gasteiger partial charge in [-0.25, -0.2) is 0 Å². The Balaban J connectivity index is 0.00000196. The summed E-state index contributed by atoms with van der Waals surface area (Å²) in [7, 11) is 0. The van der Waals surface area contributed by atoms with Crippen molar-refractivity contribution < 1.29 is 21.5 Å². The van der Waals surface area contributed by atoms with E-state index in [1.807, 2.05) is 6.07 Å². The van der Waals surface area contributed by atoms with E-state index in [0.29, 0.717) is 0 Å². The minimum Gasteiger partial charge on any atom is -1.00 e. The topological polar surface area (TPSA) is 0 Å². The predicted octanol–water partition coefficient (Wildman–Crippen LogP) is 3.69. The number of hydrogen-bond donors (Lipinski definition) is 0. The molecule has 0 saturated carbocycles. The lowest BCUT2D eigenvalue weighted by atomic mass is 9.91. The highest BCUT2D eigenvalue weighted by Gasteiger charge is 2.37. The van der Waals surface area contributed by atoms with E-state index in [2.05, 4.69) is 56.3 Å². The average Bonchev–Trinajstić information content (AvgIpc) is 3.03. The zero-order valence-corrected chi connectivity index (χ0v) is 18.1. The van der Waals surface area contributed by atoms with Gasteiger partial charge in [0.1, 0.15) is 13.1 Å². The molecule has 3 aromatic carbocycles. The van der Waals surface area contributed by atoms with Gasteiger partial charge in [-0.15, -0.1) is 0 Å². The third-order valence-corrected chi connectivity index (χ3v) is 6.48. The lowest BCUT2D eigenvalue weighted by Gasteiger charge is -2.31. The highest BCUT2D eigenvalue weighted by atomic mass is 79.9. The summed E-state index contributed by atoms with van der Waals surface area (Å²) in [5.41, 5.74) is 5.27. The number of quaternary nitrogens is 1. The monoisotopic (exact) mass is 449 g/mol. The summed E-state index contributed by atoms with van der Waals surface area (Å²) >= 11 is 13.2. The van der Waals surface area contributed by atoms with Crippen LogP contribution in [0.2, 0.25) is 10.0 Å². The van der Waals surface area contributed by atoms with Crippen LogP contribution in [0.1, 0.15) is 25.0 Å². The molecule has 0 aliphatic carbocycles. The fourth-order valence-electron chi connectivity index (χ4n) is 4.19. The maximum Gasteiger partial charge on any atom is 0.107 e. The van der Waals surface area contributed by atoms with Gasteiger partial charge in [-0.05, 0) is 42.5 Å². The van der Waals surface area contributed by atoms with Crippen LogP contribution in [0.15, 0.2) is 48.5 Å². The van der Waals surface area contributed by atoms with Gasteiger partial charge < -0.3 is 21.5 Å². The fraction of sp³-hybridized carbons (Fsp3) is 0.273. The first kappa shape index (κ1) is 19.7. The van der Waals surface area contributed by atoms with Crippen LogP contribution in [0.3, 0.4) is 0 Å². The molecule has 0 fully saturated rings. The number of hydrogen-bond acceptors (Lipinski definition) is 0. The molecule has 4 heteroatoms. The van der Waals surface area contributed by atoms with Gasteiger partial charge >= 0.3 is 0 Å². The number of benzene rings is 3. The van der Waals surface area contributed by atoms with Crippen molar-refractivity contribution >= 4 is 34.0 Å². The Labute approximate surface area is 175 Å². The average molecular weight is 451 g/mol. The van der Waals surface area contributed by atoms with E-state index in [-0.39, 0.29) is 17.0 Å². The maximum absolute atomic E-state index is 6.89. The quantitative estimate of drug-likeness (QED) is 0.534. The van der Waals surface area contributed by atoms with Crippen molar-refractivity contribution in [3.05, 3.63) is 69.7 Å². The Morgan fingerprint density at radius 1 is 0.846 bits per heavy atom. The van der Waals surface area contributed by atoms with Crippen molar-refractivity contribution in [2.24, 2.45) is 0 Å². The normalized spacial score (nSPS) is 14.9. The molecule has 0 atom stereocenters. The first-order chi connectivity index (χ1) is 12.1. The van der Waals surface area contributed by atoms with E-state index in [1.165, 1.54) is 22.3 Å². The summed E-state index contributed by atoms with van der Waals surface area (Å²) in [5.74, 6) is 0. The van der Waals surface area contributed by atoms with Crippen LogP contribution in [0.4, 0.5) is 0 Å². The minimum absolute atomic E-state index is 0. The molecular weight excluding hydrogens is 429 g/mol. The molecule has 0 unspecified atom stereocenters. The fourth-order valence-corrected chi connectivity index (χ4v) is 4.71. The van der Waals surface area contributed by atoms with Crippen molar-refractivity contribution in [3.63, 3.8) is 0 Å². The zero-order valence-electron chi connectivity index (χ0n) is 15.0. The molecule has 26 heavy (non-hydrogen) atoms. The molecule has 1 aliphatic rings. The molecule has 136 valence electrons. The molecule has 3 aromatic rings. The minimum atomic E-state index is 0. The van der Waals surface area contributed by atoms with E-state index in [9.17, 15) is 0 Å². The first-order valence-corrected chi connectivity index (χ1v) is 9.67. The second kappa shape index (κ2) is 7.52. The van der Waals surface area contributed by atoms with E-state index in [4.69, 9.17) is 23.2 Å². The summed E-state index contributed by atoms with van der Waals surface area (Å²) in [6.45, 7) is 8.85. The van der Waals surface area contributed by atoms with Gasteiger partial charge in [-0.3, -0.25) is 0 Å². The molecule has 0 bridgehead atoms. The van der Waals surface area contributed by atoms with Gasteiger partial charge in [0, 0.05) is 21.5 Å². The van der Waals surface area contributed by atoms with Crippen LogP contribution in [0.5, 0.6) is 0 Å². The summed E-state index contributed by atoms with van der Waals surface area (Å²) in [6.07, 6.45) is 0. The van der Waals surface area contributed by atoms with E-state index < -0.39 is 0 Å². The van der Waals surface area contributed by atoms with Crippen molar-refractivity contribution in [3.8, 4) is 11.1 Å². The van der Waals surface area contributed by atoms with Gasteiger partial charge in [-0.1, -0.05) is 59.6 Å². The SMILES string of the molecule is CC[N+]1(CC)Cc2c(c(-c3ccccc3)c3cc(Cl)ccc3c2Cl)C1.[Br-]. The number of nitrogens with zero attached hydrogens (tertiary/aromatic N) is 1.